The van der Waals surface area contributed by atoms with E-state index in [9.17, 15) is 14.4 Å². The van der Waals surface area contributed by atoms with Crippen LogP contribution in [0.15, 0.2) is 18.2 Å². The lowest BCUT2D eigenvalue weighted by Gasteiger charge is -2.35. The summed E-state index contributed by atoms with van der Waals surface area (Å²) in [7, 11) is 0. The van der Waals surface area contributed by atoms with Crippen LogP contribution in [-0.2, 0) is 9.59 Å². The van der Waals surface area contributed by atoms with E-state index in [4.69, 9.17) is 4.74 Å². The first-order chi connectivity index (χ1) is 12.3. The molecule has 0 radical (unpaired) electrons. The summed E-state index contributed by atoms with van der Waals surface area (Å²) >= 11 is 0. The molecule has 1 aromatic rings. The first-order valence-electron chi connectivity index (χ1n) is 9.03. The van der Waals surface area contributed by atoms with Crippen molar-refractivity contribution in [1.82, 2.24) is 9.80 Å². The molecule has 0 bridgehead atoms. The Labute approximate surface area is 153 Å². The minimum Gasteiger partial charge on any atom is -0.479 e. The summed E-state index contributed by atoms with van der Waals surface area (Å²) in [5, 5.41) is 2.76. The SMILES string of the molecule is CC(C)CC(=O)N1CCN(C(=O)c2ccc3c(c2)NC(=O)C(C)O3)CC1. The minimum atomic E-state index is -0.541. The van der Waals surface area contributed by atoms with Gasteiger partial charge in [-0.15, -0.1) is 0 Å². The highest BCUT2D eigenvalue weighted by atomic mass is 16.5. The Hall–Kier alpha value is -2.57. The quantitative estimate of drug-likeness (QED) is 0.892. The molecular weight excluding hydrogens is 334 g/mol. The molecule has 3 rings (SSSR count). The van der Waals surface area contributed by atoms with Gasteiger partial charge in [-0.2, -0.15) is 0 Å². The molecule has 0 aliphatic carbocycles. The van der Waals surface area contributed by atoms with Gasteiger partial charge in [-0.3, -0.25) is 14.4 Å². The Morgan fingerprint density at radius 1 is 1.19 bits per heavy atom. The predicted molar refractivity (Wildman–Crippen MR) is 97.1 cm³/mol. The van der Waals surface area contributed by atoms with Crippen molar-refractivity contribution in [2.45, 2.75) is 33.3 Å². The van der Waals surface area contributed by atoms with Gasteiger partial charge in [-0.25, -0.2) is 0 Å². The van der Waals surface area contributed by atoms with E-state index in [1.807, 2.05) is 18.7 Å². The van der Waals surface area contributed by atoms with Crippen LogP contribution in [-0.4, -0.2) is 59.8 Å². The summed E-state index contributed by atoms with van der Waals surface area (Å²) in [5.41, 5.74) is 1.02. The number of fused-ring (bicyclic) bond motifs is 1. The van der Waals surface area contributed by atoms with Crippen LogP contribution < -0.4 is 10.1 Å². The fourth-order valence-electron chi connectivity index (χ4n) is 3.16. The van der Waals surface area contributed by atoms with Crippen LogP contribution in [0.25, 0.3) is 0 Å². The van der Waals surface area contributed by atoms with Gasteiger partial charge in [0.15, 0.2) is 6.10 Å². The third-order valence-corrected chi connectivity index (χ3v) is 4.66. The van der Waals surface area contributed by atoms with E-state index >= 15 is 0 Å². The van der Waals surface area contributed by atoms with E-state index in [0.29, 0.717) is 55.5 Å². The molecule has 2 aliphatic rings. The molecule has 1 aromatic carbocycles. The van der Waals surface area contributed by atoms with Gasteiger partial charge in [0, 0.05) is 38.2 Å². The van der Waals surface area contributed by atoms with Crippen LogP contribution in [0.2, 0.25) is 0 Å². The molecule has 1 atom stereocenters. The van der Waals surface area contributed by atoms with E-state index in [1.54, 1.807) is 30.0 Å². The number of carbonyl (C=O) groups excluding carboxylic acids is 3. The van der Waals surface area contributed by atoms with Crippen molar-refractivity contribution >= 4 is 23.4 Å². The van der Waals surface area contributed by atoms with Crippen LogP contribution >= 0.6 is 0 Å². The van der Waals surface area contributed by atoms with Crippen molar-refractivity contribution in [3.05, 3.63) is 23.8 Å². The van der Waals surface area contributed by atoms with Crippen molar-refractivity contribution < 1.29 is 19.1 Å². The van der Waals surface area contributed by atoms with Crippen molar-refractivity contribution in [3.63, 3.8) is 0 Å². The molecule has 2 aliphatic heterocycles. The Kier molecular flexibility index (Phi) is 5.15. The molecule has 1 saturated heterocycles. The van der Waals surface area contributed by atoms with E-state index < -0.39 is 6.10 Å². The number of carbonyl (C=O) groups is 3. The molecule has 3 amide bonds. The fourth-order valence-corrected chi connectivity index (χ4v) is 3.16. The lowest BCUT2D eigenvalue weighted by atomic mass is 10.1. The van der Waals surface area contributed by atoms with Crippen LogP contribution in [0.5, 0.6) is 5.75 Å². The molecule has 0 aromatic heterocycles. The molecule has 140 valence electrons. The second-order valence-electron chi connectivity index (χ2n) is 7.23. The first-order valence-corrected chi connectivity index (χ1v) is 9.03. The zero-order valence-corrected chi connectivity index (χ0v) is 15.4. The molecule has 7 nitrogen and oxygen atoms in total. The van der Waals surface area contributed by atoms with Gasteiger partial charge in [0.05, 0.1) is 5.69 Å². The van der Waals surface area contributed by atoms with Gasteiger partial charge in [-0.05, 0) is 31.0 Å². The van der Waals surface area contributed by atoms with E-state index in [2.05, 4.69) is 5.32 Å². The first kappa shape index (κ1) is 18.2. The maximum absolute atomic E-state index is 12.8. The second-order valence-corrected chi connectivity index (χ2v) is 7.23. The van der Waals surface area contributed by atoms with E-state index in [1.165, 1.54) is 0 Å². The summed E-state index contributed by atoms with van der Waals surface area (Å²) in [6.07, 6.45) is -0.00262. The number of ether oxygens (including phenoxy) is 1. The highest BCUT2D eigenvalue weighted by Gasteiger charge is 2.27. The standard InChI is InChI=1S/C19H25N3O4/c1-12(2)10-17(23)21-6-8-22(9-7-21)19(25)14-4-5-16-15(11-14)20-18(24)13(3)26-16/h4-5,11-13H,6-10H2,1-3H3,(H,20,24). The molecule has 26 heavy (non-hydrogen) atoms. The average molecular weight is 359 g/mol. The number of benzene rings is 1. The van der Waals surface area contributed by atoms with Gasteiger partial charge >= 0.3 is 0 Å². The molecular formula is C19H25N3O4. The van der Waals surface area contributed by atoms with Crippen molar-refractivity contribution in [2.75, 3.05) is 31.5 Å². The Morgan fingerprint density at radius 2 is 1.85 bits per heavy atom. The monoisotopic (exact) mass is 359 g/mol. The molecule has 2 heterocycles. The number of hydrogen-bond donors (Lipinski definition) is 1. The summed E-state index contributed by atoms with van der Waals surface area (Å²) in [5.74, 6) is 0.724. The van der Waals surface area contributed by atoms with Crippen molar-refractivity contribution in [3.8, 4) is 5.75 Å². The maximum Gasteiger partial charge on any atom is 0.265 e. The zero-order chi connectivity index (χ0) is 18.8. The average Bonchev–Trinajstić information content (AvgIpc) is 2.61. The number of nitrogens with one attached hydrogen (secondary N) is 1. The lowest BCUT2D eigenvalue weighted by molar-refractivity contribution is -0.133. The van der Waals surface area contributed by atoms with Gasteiger partial charge < -0.3 is 19.9 Å². The lowest BCUT2D eigenvalue weighted by Crippen LogP contribution is -2.50. The maximum atomic E-state index is 12.8. The normalized spacial score (nSPS) is 19.7. The predicted octanol–water partition coefficient (Wildman–Crippen LogP) is 1.74. The molecule has 0 saturated carbocycles. The van der Waals surface area contributed by atoms with Crippen LogP contribution in [0, 0.1) is 5.92 Å². The highest BCUT2D eigenvalue weighted by Crippen LogP contribution is 2.30. The van der Waals surface area contributed by atoms with Crippen molar-refractivity contribution in [1.29, 1.82) is 0 Å². The molecule has 1 fully saturated rings. The third-order valence-electron chi connectivity index (χ3n) is 4.66. The number of amides is 3. The topological polar surface area (TPSA) is 79.0 Å². The van der Waals surface area contributed by atoms with Crippen LogP contribution in [0.3, 0.4) is 0 Å². The molecule has 0 spiro atoms. The summed E-state index contributed by atoms with van der Waals surface area (Å²) in [6, 6.07) is 5.07. The number of piperazine rings is 1. The van der Waals surface area contributed by atoms with E-state index in [0.717, 1.165) is 0 Å². The summed E-state index contributed by atoms with van der Waals surface area (Å²) in [6.45, 7) is 7.86. The van der Waals surface area contributed by atoms with Gasteiger partial charge in [0.2, 0.25) is 5.91 Å². The second kappa shape index (κ2) is 7.35. The molecule has 7 heteroatoms. The Morgan fingerprint density at radius 3 is 2.50 bits per heavy atom. The zero-order valence-electron chi connectivity index (χ0n) is 15.4. The largest absolute Gasteiger partial charge is 0.479 e. The smallest absolute Gasteiger partial charge is 0.265 e. The van der Waals surface area contributed by atoms with Crippen molar-refractivity contribution in [2.24, 2.45) is 5.92 Å². The number of nitrogens with zero attached hydrogens (tertiary/aromatic N) is 2. The Balaban J connectivity index is 1.63. The minimum absolute atomic E-state index is 0.100. The number of rotatable bonds is 3. The summed E-state index contributed by atoms with van der Waals surface area (Å²) in [4.78, 5) is 40.2. The van der Waals surface area contributed by atoms with Gasteiger partial charge in [0.1, 0.15) is 5.75 Å². The van der Waals surface area contributed by atoms with Gasteiger partial charge in [0.25, 0.3) is 11.8 Å². The Bertz CT molecular complexity index is 723. The van der Waals surface area contributed by atoms with Crippen LogP contribution in [0.4, 0.5) is 5.69 Å². The highest BCUT2D eigenvalue weighted by molar-refractivity contribution is 6.01. The summed E-state index contributed by atoms with van der Waals surface area (Å²) < 4.78 is 5.52. The number of hydrogen-bond acceptors (Lipinski definition) is 4. The molecule has 1 unspecified atom stereocenters. The van der Waals surface area contributed by atoms with Gasteiger partial charge in [-0.1, -0.05) is 13.8 Å². The number of anilines is 1. The molecule has 1 N–H and O–H groups in total. The third kappa shape index (κ3) is 3.81. The van der Waals surface area contributed by atoms with E-state index in [-0.39, 0.29) is 17.7 Å². The fraction of sp³-hybridized carbons (Fsp3) is 0.526. The van der Waals surface area contributed by atoms with Crippen LogP contribution in [0.1, 0.15) is 37.6 Å².